The van der Waals surface area contributed by atoms with Crippen LogP contribution in [0.4, 0.5) is 5.69 Å². The predicted molar refractivity (Wildman–Crippen MR) is 102 cm³/mol. The maximum absolute atomic E-state index is 11.7. The lowest BCUT2D eigenvalue weighted by Crippen LogP contribution is -2.50. The van der Waals surface area contributed by atoms with Gasteiger partial charge in [-0.3, -0.25) is 9.78 Å². The fraction of sp³-hybridized carbons (Fsp3) is 0.714. The van der Waals surface area contributed by atoms with E-state index < -0.39 is 0 Å². The molecule has 1 aromatic rings. The number of hydrogen-bond donors (Lipinski definition) is 1. The Kier molecular flexibility index (Phi) is 4.91. The maximum Gasteiger partial charge on any atom is 0.217 e. The zero-order valence-electron chi connectivity index (χ0n) is 16.2. The van der Waals surface area contributed by atoms with Gasteiger partial charge in [-0.05, 0) is 68.9 Å². The van der Waals surface area contributed by atoms with Crippen LogP contribution in [0, 0.1) is 31.6 Å². The molecule has 1 amide bonds. The summed E-state index contributed by atoms with van der Waals surface area (Å²) in [6, 6.07) is 2.30. The molecule has 1 aromatic heterocycles. The highest BCUT2D eigenvalue weighted by Gasteiger charge is 2.43. The van der Waals surface area contributed by atoms with Gasteiger partial charge in [0.2, 0.25) is 5.91 Å². The molecule has 5 nitrogen and oxygen atoms in total. The molecule has 3 aliphatic rings. The van der Waals surface area contributed by atoms with Crippen LogP contribution in [-0.2, 0) is 9.53 Å². The zero-order valence-corrected chi connectivity index (χ0v) is 16.2. The van der Waals surface area contributed by atoms with Crippen molar-refractivity contribution in [1.82, 2.24) is 10.3 Å². The van der Waals surface area contributed by atoms with E-state index in [1.807, 2.05) is 6.20 Å². The molecule has 0 unspecified atom stereocenters. The first-order valence-electron chi connectivity index (χ1n) is 10.1. The third kappa shape index (κ3) is 3.73. The number of ether oxygens (including phenoxy) is 1. The van der Waals surface area contributed by atoms with Gasteiger partial charge in [-0.1, -0.05) is 0 Å². The fourth-order valence-corrected chi connectivity index (χ4v) is 4.72. The van der Waals surface area contributed by atoms with Crippen molar-refractivity contribution < 1.29 is 9.53 Å². The molecule has 2 heterocycles. The molecule has 1 saturated heterocycles. The van der Waals surface area contributed by atoms with E-state index in [2.05, 4.69) is 35.1 Å². The van der Waals surface area contributed by atoms with Crippen molar-refractivity contribution in [3.63, 3.8) is 0 Å². The van der Waals surface area contributed by atoms with Gasteiger partial charge in [0.25, 0.3) is 0 Å². The van der Waals surface area contributed by atoms with E-state index in [0.717, 1.165) is 44.1 Å². The number of carbonyl (C=O) groups is 1. The van der Waals surface area contributed by atoms with Crippen LogP contribution in [0.5, 0.6) is 0 Å². The lowest BCUT2D eigenvalue weighted by Gasteiger charge is -2.38. The second-order valence-corrected chi connectivity index (χ2v) is 8.56. The average Bonchev–Trinajstić information content (AvgIpc) is 3.33. The molecule has 4 rings (SSSR count). The van der Waals surface area contributed by atoms with Gasteiger partial charge >= 0.3 is 0 Å². The highest BCUT2D eigenvalue weighted by Crippen LogP contribution is 2.41. The molecular weight excluding hydrogens is 326 g/mol. The highest BCUT2D eigenvalue weighted by atomic mass is 16.5. The predicted octanol–water partition coefficient (Wildman–Crippen LogP) is 2.84. The van der Waals surface area contributed by atoms with E-state index in [1.165, 1.54) is 24.1 Å². The van der Waals surface area contributed by atoms with Gasteiger partial charge in [0.05, 0.1) is 12.1 Å². The molecule has 0 aromatic carbocycles. The molecule has 2 saturated carbocycles. The number of aryl methyl sites for hydroxylation is 1. The number of rotatable bonds is 5. The number of fused-ring (bicyclic) bond motifs is 1. The van der Waals surface area contributed by atoms with E-state index in [1.54, 1.807) is 6.92 Å². The number of nitrogens with one attached hydrogen (secondary N) is 1. The van der Waals surface area contributed by atoms with E-state index in [-0.39, 0.29) is 18.1 Å². The summed E-state index contributed by atoms with van der Waals surface area (Å²) >= 11 is 0. The minimum Gasteiger partial charge on any atom is -0.376 e. The summed E-state index contributed by atoms with van der Waals surface area (Å²) in [5.41, 5.74) is 3.71. The molecule has 1 aliphatic heterocycles. The van der Waals surface area contributed by atoms with Gasteiger partial charge in [0.15, 0.2) is 0 Å². The Labute approximate surface area is 156 Å². The third-order valence-corrected chi connectivity index (χ3v) is 6.52. The Morgan fingerprint density at radius 1 is 1.27 bits per heavy atom. The molecule has 2 aliphatic carbocycles. The molecule has 0 radical (unpaired) electrons. The molecule has 5 heteroatoms. The van der Waals surface area contributed by atoms with Crippen LogP contribution in [0.3, 0.4) is 0 Å². The number of anilines is 1. The Hall–Kier alpha value is -1.62. The van der Waals surface area contributed by atoms with Gasteiger partial charge in [-0.15, -0.1) is 0 Å². The third-order valence-electron chi connectivity index (χ3n) is 6.52. The molecule has 4 atom stereocenters. The number of pyridine rings is 1. The Bertz CT molecular complexity index is 673. The van der Waals surface area contributed by atoms with Gasteiger partial charge in [-0.25, -0.2) is 0 Å². The normalized spacial score (nSPS) is 31.0. The van der Waals surface area contributed by atoms with Gasteiger partial charge in [0, 0.05) is 44.2 Å². The summed E-state index contributed by atoms with van der Waals surface area (Å²) in [6.45, 7) is 8.89. The molecule has 1 N–H and O–H groups in total. The first kappa shape index (κ1) is 17.8. The molecule has 26 heavy (non-hydrogen) atoms. The van der Waals surface area contributed by atoms with Crippen molar-refractivity contribution in [2.45, 2.75) is 58.6 Å². The van der Waals surface area contributed by atoms with Crippen LogP contribution in [0.25, 0.3) is 0 Å². The Morgan fingerprint density at radius 3 is 2.69 bits per heavy atom. The summed E-state index contributed by atoms with van der Waals surface area (Å²) in [7, 11) is 0. The minimum atomic E-state index is 0.0592. The summed E-state index contributed by atoms with van der Waals surface area (Å²) in [4.78, 5) is 18.6. The number of hydrogen-bond acceptors (Lipinski definition) is 4. The quantitative estimate of drug-likeness (QED) is 0.880. The molecule has 0 bridgehead atoms. The van der Waals surface area contributed by atoms with Gasteiger partial charge in [0.1, 0.15) is 0 Å². The minimum absolute atomic E-state index is 0.0592. The van der Waals surface area contributed by atoms with Crippen molar-refractivity contribution in [1.29, 1.82) is 0 Å². The van der Waals surface area contributed by atoms with Crippen LogP contribution < -0.4 is 10.2 Å². The second kappa shape index (κ2) is 7.18. The van der Waals surface area contributed by atoms with E-state index >= 15 is 0 Å². The van der Waals surface area contributed by atoms with Crippen molar-refractivity contribution in [2.75, 3.05) is 24.6 Å². The zero-order chi connectivity index (χ0) is 18.3. The molecular formula is C21H31N3O2. The van der Waals surface area contributed by atoms with Crippen LogP contribution >= 0.6 is 0 Å². The summed E-state index contributed by atoms with van der Waals surface area (Å²) in [6.07, 6.45) is 6.78. The monoisotopic (exact) mass is 357 g/mol. The van der Waals surface area contributed by atoms with Crippen LogP contribution in [0.1, 0.15) is 43.9 Å². The second-order valence-electron chi connectivity index (χ2n) is 8.56. The first-order chi connectivity index (χ1) is 12.5. The summed E-state index contributed by atoms with van der Waals surface area (Å²) in [5.74, 6) is 2.09. The van der Waals surface area contributed by atoms with Crippen LogP contribution in [0.15, 0.2) is 12.3 Å². The van der Waals surface area contributed by atoms with Crippen molar-refractivity contribution in [3.8, 4) is 0 Å². The largest absolute Gasteiger partial charge is 0.376 e. The van der Waals surface area contributed by atoms with E-state index in [9.17, 15) is 4.79 Å². The van der Waals surface area contributed by atoms with Crippen LogP contribution in [-0.4, -0.2) is 42.7 Å². The Balaban J connectivity index is 1.46. The van der Waals surface area contributed by atoms with Crippen molar-refractivity contribution in [2.24, 2.45) is 17.8 Å². The lowest BCUT2D eigenvalue weighted by atomic mass is 9.77. The van der Waals surface area contributed by atoms with Crippen molar-refractivity contribution >= 4 is 11.6 Å². The van der Waals surface area contributed by atoms with Crippen LogP contribution in [0.2, 0.25) is 0 Å². The standard InChI is InChI=1S/C21H31N3O2/c1-13-14(2)22-7-6-20(13)24-10-17-8-19(23-15(3)25)21(9-18(17)11-24)26-12-16-4-5-16/h6-7,16-19,21H,4-5,8-12H2,1-3H3,(H,23,25)/t17-,18+,19-,21-/m1/s1. The number of aromatic nitrogens is 1. The van der Waals surface area contributed by atoms with E-state index in [4.69, 9.17) is 4.74 Å². The summed E-state index contributed by atoms with van der Waals surface area (Å²) < 4.78 is 6.27. The average molecular weight is 357 g/mol. The molecule has 3 fully saturated rings. The maximum atomic E-state index is 11.7. The van der Waals surface area contributed by atoms with Gasteiger partial charge in [-0.2, -0.15) is 0 Å². The number of amides is 1. The Morgan fingerprint density at radius 2 is 2.00 bits per heavy atom. The molecule has 0 spiro atoms. The van der Waals surface area contributed by atoms with Crippen molar-refractivity contribution in [3.05, 3.63) is 23.5 Å². The fourth-order valence-electron chi connectivity index (χ4n) is 4.72. The lowest BCUT2D eigenvalue weighted by molar-refractivity contribution is -0.122. The topological polar surface area (TPSA) is 54.5 Å². The smallest absolute Gasteiger partial charge is 0.217 e. The number of carbonyl (C=O) groups excluding carboxylic acids is 1. The SMILES string of the molecule is CC(=O)N[C@@H]1C[C@@H]2CN(c3ccnc(C)c3C)C[C@@H]2C[C@H]1OCC1CC1. The highest BCUT2D eigenvalue weighted by molar-refractivity contribution is 5.73. The molecule has 142 valence electrons. The van der Waals surface area contributed by atoms with Gasteiger partial charge < -0.3 is 15.0 Å². The summed E-state index contributed by atoms with van der Waals surface area (Å²) in [5, 5.41) is 3.17. The number of nitrogens with zero attached hydrogens (tertiary/aromatic N) is 2. The van der Waals surface area contributed by atoms with E-state index in [0.29, 0.717) is 11.8 Å². The first-order valence-corrected chi connectivity index (χ1v) is 10.1.